The number of aromatic nitrogens is 1. The van der Waals surface area contributed by atoms with E-state index in [-0.39, 0.29) is 0 Å². The van der Waals surface area contributed by atoms with E-state index in [9.17, 15) is 0 Å². The van der Waals surface area contributed by atoms with Crippen molar-refractivity contribution in [2.45, 2.75) is 45.8 Å². The molecule has 2 rings (SSSR count). The van der Waals surface area contributed by atoms with Crippen molar-refractivity contribution in [3.8, 4) is 12.3 Å². The molecule has 0 aliphatic heterocycles. The van der Waals surface area contributed by atoms with Crippen LogP contribution in [0.2, 0.25) is 0 Å². The van der Waals surface area contributed by atoms with Gasteiger partial charge in [-0.05, 0) is 35.6 Å². The molecule has 0 aliphatic carbocycles. The quantitative estimate of drug-likeness (QED) is 0.616. The highest BCUT2D eigenvalue weighted by atomic mass is 14.9. The number of aryl methyl sites for hydroxylation is 1. The van der Waals surface area contributed by atoms with Gasteiger partial charge in [0.25, 0.3) is 0 Å². The molecule has 1 N–H and O–H groups in total. The third-order valence-corrected chi connectivity index (χ3v) is 3.27. The average Bonchev–Trinajstić information content (AvgIpc) is 2.79. The molecule has 2 nitrogen and oxygen atoms in total. The van der Waals surface area contributed by atoms with Crippen molar-refractivity contribution < 1.29 is 0 Å². The Hall–Kier alpha value is -1.72. The Bertz CT molecular complexity index is 572. The third-order valence-electron chi connectivity index (χ3n) is 3.27. The second-order valence-electron chi connectivity index (χ2n) is 5.25. The molecule has 0 radical (unpaired) electrons. The number of fused-ring (bicyclic) bond motifs is 1. The molecular formula is C17H22N2. The molecule has 0 atom stereocenters. The van der Waals surface area contributed by atoms with Crippen molar-refractivity contribution in [2.24, 2.45) is 0 Å². The number of nitrogens with one attached hydrogen (secondary N) is 1. The minimum atomic E-state index is 0.518. The average molecular weight is 254 g/mol. The van der Waals surface area contributed by atoms with Gasteiger partial charge in [0.05, 0.1) is 0 Å². The van der Waals surface area contributed by atoms with Crippen LogP contribution in [0.5, 0.6) is 0 Å². The summed E-state index contributed by atoms with van der Waals surface area (Å²) in [6.45, 7) is 6.26. The molecule has 0 spiro atoms. The molecule has 0 saturated carbocycles. The largest absolute Gasteiger partial charge is 0.347 e. The van der Waals surface area contributed by atoms with Crippen LogP contribution in [0, 0.1) is 12.3 Å². The van der Waals surface area contributed by atoms with Gasteiger partial charge in [0, 0.05) is 37.3 Å². The van der Waals surface area contributed by atoms with Crippen molar-refractivity contribution in [3.63, 3.8) is 0 Å². The summed E-state index contributed by atoms with van der Waals surface area (Å²) in [5.74, 6) is 2.69. The number of benzene rings is 1. The van der Waals surface area contributed by atoms with Gasteiger partial charge in [-0.2, -0.15) is 0 Å². The monoisotopic (exact) mass is 254 g/mol. The maximum atomic E-state index is 5.29. The molecule has 0 unspecified atom stereocenters. The van der Waals surface area contributed by atoms with Crippen LogP contribution in [0.3, 0.4) is 0 Å². The summed E-state index contributed by atoms with van der Waals surface area (Å²) in [5.41, 5.74) is 2.63. The van der Waals surface area contributed by atoms with Crippen molar-refractivity contribution >= 4 is 10.9 Å². The van der Waals surface area contributed by atoms with Crippen molar-refractivity contribution in [2.75, 3.05) is 0 Å². The Kier molecular flexibility index (Phi) is 4.65. The summed E-state index contributed by atoms with van der Waals surface area (Å²) in [4.78, 5) is 0. The molecule has 0 bridgehead atoms. The van der Waals surface area contributed by atoms with Gasteiger partial charge in [-0.1, -0.05) is 19.9 Å². The molecule has 1 aromatic heterocycles. The van der Waals surface area contributed by atoms with Crippen LogP contribution in [0.25, 0.3) is 10.9 Å². The highest BCUT2D eigenvalue weighted by Crippen LogP contribution is 2.18. The Morgan fingerprint density at radius 1 is 1.32 bits per heavy atom. The van der Waals surface area contributed by atoms with Gasteiger partial charge in [0.2, 0.25) is 0 Å². The summed E-state index contributed by atoms with van der Waals surface area (Å²) in [7, 11) is 0. The van der Waals surface area contributed by atoms with Gasteiger partial charge in [-0.15, -0.1) is 12.3 Å². The van der Waals surface area contributed by atoms with E-state index in [0.717, 1.165) is 25.9 Å². The fourth-order valence-electron chi connectivity index (χ4n) is 2.23. The van der Waals surface area contributed by atoms with E-state index in [1.807, 2.05) is 0 Å². The lowest BCUT2D eigenvalue weighted by Crippen LogP contribution is -2.21. The van der Waals surface area contributed by atoms with Crippen LogP contribution in [0.4, 0.5) is 0 Å². The Morgan fingerprint density at radius 2 is 2.16 bits per heavy atom. The fraction of sp³-hybridized carbons (Fsp3) is 0.412. The molecule has 1 aromatic carbocycles. The minimum Gasteiger partial charge on any atom is -0.347 e. The maximum Gasteiger partial charge on any atom is 0.0480 e. The molecule has 2 heteroatoms. The molecule has 0 fully saturated rings. The standard InChI is InChI=1S/C17H22N2/c1-4-5-6-10-19-11-9-16-12-15(7-8-17(16)19)13-18-14(2)3/h1,7-9,11-12,14,18H,5-6,10,13H2,2-3H3. The summed E-state index contributed by atoms with van der Waals surface area (Å²) in [6, 6.07) is 9.38. The van der Waals surface area contributed by atoms with Crippen LogP contribution in [0.1, 0.15) is 32.3 Å². The summed E-state index contributed by atoms with van der Waals surface area (Å²) < 4.78 is 2.28. The van der Waals surface area contributed by atoms with Crippen molar-refractivity contribution in [1.82, 2.24) is 9.88 Å². The van der Waals surface area contributed by atoms with Crippen molar-refractivity contribution in [1.29, 1.82) is 0 Å². The topological polar surface area (TPSA) is 17.0 Å². The number of rotatable bonds is 6. The Morgan fingerprint density at radius 3 is 2.89 bits per heavy atom. The Labute approximate surface area is 115 Å². The fourth-order valence-corrected chi connectivity index (χ4v) is 2.23. The van der Waals surface area contributed by atoms with Gasteiger partial charge in [-0.3, -0.25) is 0 Å². The number of hydrogen-bond donors (Lipinski definition) is 1. The van der Waals surface area contributed by atoms with E-state index in [1.54, 1.807) is 0 Å². The van der Waals surface area contributed by atoms with E-state index >= 15 is 0 Å². The minimum absolute atomic E-state index is 0.518. The van der Waals surface area contributed by atoms with Gasteiger partial charge in [0.15, 0.2) is 0 Å². The molecule has 2 aromatic rings. The van der Waals surface area contributed by atoms with E-state index in [2.05, 4.69) is 60.1 Å². The molecule has 0 amide bonds. The second kappa shape index (κ2) is 6.45. The van der Waals surface area contributed by atoms with Crippen LogP contribution in [0.15, 0.2) is 30.5 Å². The zero-order chi connectivity index (χ0) is 13.7. The van der Waals surface area contributed by atoms with E-state index < -0.39 is 0 Å². The first-order valence-electron chi connectivity index (χ1n) is 6.95. The summed E-state index contributed by atoms with van der Waals surface area (Å²) in [5, 5.41) is 4.76. The van der Waals surface area contributed by atoms with Crippen LogP contribution in [-0.4, -0.2) is 10.6 Å². The predicted molar refractivity (Wildman–Crippen MR) is 82.0 cm³/mol. The molecule has 0 aliphatic rings. The SMILES string of the molecule is C#CCCCn1ccc2cc(CNC(C)C)ccc21. The zero-order valence-electron chi connectivity index (χ0n) is 11.8. The molecule has 1 heterocycles. The summed E-state index contributed by atoms with van der Waals surface area (Å²) in [6.07, 6.45) is 9.33. The molecular weight excluding hydrogens is 232 g/mol. The number of hydrogen-bond acceptors (Lipinski definition) is 1. The smallest absolute Gasteiger partial charge is 0.0480 e. The Balaban J connectivity index is 2.10. The normalized spacial score (nSPS) is 11.1. The molecule has 100 valence electrons. The first-order valence-corrected chi connectivity index (χ1v) is 6.95. The lowest BCUT2D eigenvalue weighted by Gasteiger charge is -2.09. The molecule has 0 saturated heterocycles. The van der Waals surface area contributed by atoms with Crippen molar-refractivity contribution in [3.05, 3.63) is 36.0 Å². The summed E-state index contributed by atoms with van der Waals surface area (Å²) >= 11 is 0. The number of unbranched alkanes of at least 4 members (excludes halogenated alkanes) is 1. The van der Waals surface area contributed by atoms with Gasteiger partial charge < -0.3 is 9.88 Å². The van der Waals surface area contributed by atoms with Crippen LogP contribution >= 0.6 is 0 Å². The number of nitrogens with zero attached hydrogens (tertiary/aromatic N) is 1. The third kappa shape index (κ3) is 3.62. The van der Waals surface area contributed by atoms with Gasteiger partial charge >= 0.3 is 0 Å². The van der Waals surface area contributed by atoms with E-state index in [1.165, 1.54) is 16.5 Å². The second-order valence-corrected chi connectivity index (χ2v) is 5.25. The lowest BCUT2D eigenvalue weighted by molar-refractivity contribution is 0.589. The highest BCUT2D eigenvalue weighted by molar-refractivity contribution is 5.80. The number of terminal acetylenes is 1. The van der Waals surface area contributed by atoms with E-state index in [0.29, 0.717) is 6.04 Å². The first kappa shape index (κ1) is 13.7. The maximum absolute atomic E-state index is 5.29. The van der Waals surface area contributed by atoms with Gasteiger partial charge in [-0.25, -0.2) is 0 Å². The first-order chi connectivity index (χ1) is 9.20. The zero-order valence-corrected chi connectivity index (χ0v) is 11.8. The lowest BCUT2D eigenvalue weighted by atomic mass is 10.1. The predicted octanol–water partition coefficient (Wildman–Crippen LogP) is 3.55. The highest BCUT2D eigenvalue weighted by Gasteiger charge is 2.02. The van der Waals surface area contributed by atoms with E-state index in [4.69, 9.17) is 6.42 Å². The molecule has 19 heavy (non-hydrogen) atoms. The van der Waals surface area contributed by atoms with Gasteiger partial charge in [0.1, 0.15) is 0 Å². The van der Waals surface area contributed by atoms with Crippen LogP contribution in [-0.2, 0) is 13.1 Å². The van der Waals surface area contributed by atoms with Crippen LogP contribution < -0.4 is 5.32 Å².